The minimum absolute atomic E-state index is 0.109. The van der Waals surface area contributed by atoms with Crippen molar-refractivity contribution in [3.8, 4) is 5.75 Å². The van der Waals surface area contributed by atoms with Crippen LogP contribution >= 0.6 is 0 Å². The van der Waals surface area contributed by atoms with E-state index in [4.69, 9.17) is 4.74 Å². The monoisotopic (exact) mass is 265 g/mol. The van der Waals surface area contributed by atoms with Crippen molar-refractivity contribution in [2.75, 3.05) is 19.7 Å². The highest BCUT2D eigenvalue weighted by molar-refractivity contribution is 5.76. The van der Waals surface area contributed by atoms with E-state index in [1.807, 2.05) is 31.2 Å². The zero-order valence-electron chi connectivity index (χ0n) is 11.0. The molecular weight excluding hydrogens is 246 g/mol. The largest absolute Gasteiger partial charge is 0.493 e. The highest BCUT2D eigenvalue weighted by Crippen LogP contribution is 2.13. The molecule has 1 fully saturated rings. The van der Waals surface area contributed by atoms with Crippen LogP contribution in [0.1, 0.15) is 12.0 Å². The first-order chi connectivity index (χ1) is 9.06. The average Bonchev–Trinajstić information content (AvgIpc) is 2.72. The maximum atomic E-state index is 11.8. The molecule has 1 amide bonds. The van der Waals surface area contributed by atoms with Gasteiger partial charge in [0.1, 0.15) is 5.75 Å². The molecule has 2 N–H and O–H groups in total. The summed E-state index contributed by atoms with van der Waals surface area (Å²) in [6.07, 6.45) is -1.42. The Hall–Kier alpha value is -1.59. The fourth-order valence-corrected chi connectivity index (χ4v) is 2.02. The van der Waals surface area contributed by atoms with Crippen LogP contribution in [0.5, 0.6) is 5.75 Å². The first-order valence-corrected chi connectivity index (χ1v) is 6.39. The zero-order valence-corrected chi connectivity index (χ0v) is 11.0. The van der Waals surface area contributed by atoms with Crippen LogP contribution in [0.3, 0.4) is 0 Å². The van der Waals surface area contributed by atoms with Gasteiger partial charge in [0, 0.05) is 13.1 Å². The molecule has 0 saturated carbocycles. The molecule has 2 rings (SSSR count). The number of nitrogens with zero attached hydrogens (tertiary/aromatic N) is 1. The van der Waals surface area contributed by atoms with Crippen LogP contribution in [-0.4, -0.2) is 52.9 Å². The molecule has 1 aromatic rings. The molecule has 0 bridgehead atoms. The van der Waals surface area contributed by atoms with Crippen LogP contribution in [-0.2, 0) is 4.79 Å². The third-order valence-electron chi connectivity index (χ3n) is 3.22. The van der Waals surface area contributed by atoms with Gasteiger partial charge < -0.3 is 19.8 Å². The highest BCUT2D eigenvalue weighted by atomic mass is 16.5. The second-order valence-electron chi connectivity index (χ2n) is 4.84. The third kappa shape index (κ3) is 3.68. The molecule has 1 aliphatic rings. The van der Waals surface area contributed by atoms with Crippen molar-refractivity contribution < 1.29 is 19.7 Å². The highest BCUT2D eigenvalue weighted by Gasteiger charge is 2.32. The number of carbonyl (C=O) groups is 1. The standard InChI is InChI=1S/C14H19NO4/c1-10-2-4-11(5-3-10)19-7-6-14(18)15-8-12(16)13(17)9-15/h2-5,12-13,16-17H,6-9H2,1H3/t12-,13+. The van der Waals surface area contributed by atoms with Gasteiger partial charge in [0.15, 0.2) is 0 Å². The summed E-state index contributed by atoms with van der Waals surface area (Å²) >= 11 is 0. The summed E-state index contributed by atoms with van der Waals surface area (Å²) in [7, 11) is 0. The second-order valence-corrected chi connectivity index (χ2v) is 4.84. The van der Waals surface area contributed by atoms with E-state index in [1.54, 1.807) is 0 Å². The van der Waals surface area contributed by atoms with Gasteiger partial charge >= 0.3 is 0 Å². The predicted molar refractivity (Wildman–Crippen MR) is 69.9 cm³/mol. The van der Waals surface area contributed by atoms with Crippen molar-refractivity contribution in [2.24, 2.45) is 0 Å². The van der Waals surface area contributed by atoms with Crippen LogP contribution < -0.4 is 4.74 Å². The summed E-state index contributed by atoms with van der Waals surface area (Å²) in [6.45, 7) is 2.69. The maximum absolute atomic E-state index is 11.8. The molecule has 0 radical (unpaired) electrons. The summed E-state index contributed by atoms with van der Waals surface area (Å²) in [5.41, 5.74) is 1.16. The average molecular weight is 265 g/mol. The Labute approximate surface area is 112 Å². The first-order valence-electron chi connectivity index (χ1n) is 6.39. The maximum Gasteiger partial charge on any atom is 0.226 e. The Morgan fingerprint density at radius 3 is 2.42 bits per heavy atom. The molecule has 0 spiro atoms. The molecule has 5 heteroatoms. The van der Waals surface area contributed by atoms with Crippen LogP contribution in [0, 0.1) is 6.92 Å². The van der Waals surface area contributed by atoms with Crippen molar-refractivity contribution in [3.63, 3.8) is 0 Å². The minimum atomic E-state index is -0.832. The Kier molecular flexibility index (Phi) is 4.39. The van der Waals surface area contributed by atoms with E-state index in [2.05, 4.69) is 0 Å². The Balaban J connectivity index is 1.74. The normalized spacial score (nSPS) is 22.6. The first kappa shape index (κ1) is 13.8. The van der Waals surface area contributed by atoms with Gasteiger partial charge in [-0.1, -0.05) is 17.7 Å². The van der Waals surface area contributed by atoms with Gasteiger partial charge in [0.2, 0.25) is 5.91 Å². The van der Waals surface area contributed by atoms with Gasteiger partial charge in [-0.3, -0.25) is 4.79 Å². The number of aryl methyl sites for hydroxylation is 1. The molecule has 1 aliphatic heterocycles. The number of hydrogen-bond donors (Lipinski definition) is 2. The van der Waals surface area contributed by atoms with Crippen molar-refractivity contribution in [2.45, 2.75) is 25.6 Å². The number of carbonyl (C=O) groups excluding carboxylic acids is 1. The van der Waals surface area contributed by atoms with Gasteiger partial charge in [0.25, 0.3) is 0 Å². The summed E-state index contributed by atoms with van der Waals surface area (Å²) in [4.78, 5) is 13.3. The quantitative estimate of drug-likeness (QED) is 0.823. The molecule has 104 valence electrons. The van der Waals surface area contributed by atoms with Gasteiger partial charge in [-0.25, -0.2) is 0 Å². The molecular formula is C14H19NO4. The van der Waals surface area contributed by atoms with E-state index in [0.29, 0.717) is 6.61 Å². The lowest BCUT2D eigenvalue weighted by atomic mass is 10.2. The van der Waals surface area contributed by atoms with E-state index in [1.165, 1.54) is 4.90 Å². The number of hydrogen-bond acceptors (Lipinski definition) is 4. The number of benzene rings is 1. The lowest BCUT2D eigenvalue weighted by Crippen LogP contribution is -2.30. The number of rotatable bonds is 4. The topological polar surface area (TPSA) is 70.0 Å². The van der Waals surface area contributed by atoms with Crippen LogP contribution in [0.25, 0.3) is 0 Å². The number of amides is 1. The number of aliphatic hydroxyl groups is 2. The molecule has 2 atom stereocenters. The summed E-state index contributed by atoms with van der Waals surface area (Å²) in [6, 6.07) is 7.63. The molecule has 1 aromatic carbocycles. The number of β-amino-alcohol motifs (C(OH)–C–C–N with tert-alkyl or cyclic N) is 2. The lowest BCUT2D eigenvalue weighted by molar-refractivity contribution is -0.131. The summed E-state index contributed by atoms with van der Waals surface area (Å²) < 4.78 is 5.47. The Morgan fingerprint density at radius 2 is 1.84 bits per heavy atom. The number of aliphatic hydroxyl groups excluding tert-OH is 2. The predicted octanol–water partition coefficient (Wildman–Crippen LogP) is 0.328. The van der Waals surface area contributed by atoms with Crippen LogP contribution in [0.4, 0.5) is 0 Å². The van der Waals surface area contributed by atoms with E-state index in [0.717, 1.165) is 11.3 Å². The molecule has 0 aromatic heterocycles. The lowest BCUT2D eigenvalue weighted by Gasteiger charge is -2.15. The molecule has 5 nitrogen and oxygen atoms in total. The number of likely N-dealkylation sites (tertiary alicyclic amines) is 1. The van der Waals surface area contributed by atoms with Gasteiger partial charge in [-0.2, -0.15) is 0 Å². The van der Waals surface area contributed by atoms with Crippen LogP contribution in [0.2, 0.25) is 0 Å². The number of ether oxygens (including phenoxy) is 1. The van der Waals surface area contributed by atoms with E-state index in [9.17, 15) is 15.0 Å². The van der Waals surface area contributed by atoms with Crippen LogP contribution in [0.15, 0.2) is 24.3 Å². The fraction of sp³-hybridized carbons (Fsp3) is 0.500. The molecule has 0 unspecified atom stereocenters. The SMILES string of the molecule is Cc1ccc(OCCC(=O)N2C[C@@H](O)[C@@H](O)C2)cc1. The summed E-state index contributed by atoms with van der Waals surface area (Å²) in [5, 5.41) is 18.7. The van der Waals surface area contributed by atoms with E-state index >= 15 is 0 Å². The van der Waals surface area contributed by atoms with Gasteiger partial charge in [-0.15, -0.1) is 0 Å². The summed E-state index contributed by atoms with van der Waals surface area (Å²) in [5.74, 6) is 0.627. The van der Waals surface area contributed by atoms with Crippen molar-refractivity contribution >= 4 is 5.91 Å². The Bertz CT molecular complexity index is 422. The molecule has 19 heavy (non-hydrogen) atoms. The van der Waals surface area contributed by atoms with Crippen molar-refractivity contribution in [1.29, 1.82) is 0 Å². The van der Waals surface area contributed by atoms with Crippen molar-refractivity contribution in [1.82, 2.24) is 4.90 Å². The zero-order chi connectivity index (χ0) is 13.8. The second kappa shape index (κ2) is 6.04. The Morgan fingerprint density at radius 1 is 1.26 bits per heavy atom. The molecule has 0 aliphatic carbocycles. The molecule has 1 heterocycles. The third-order valence-corrected chi connectivity index (χ3v) is 3.22. The van der Waals surface area contributed by atoms with E-state index < -0.39 is 12.2 Å². The minimum Gasteiger partial charge on any atom is -0.493 e. The smallest absolute Gasteiger partial charge is 0.226 e. The van der Waals surface area contributed by atoms with E-state index in [-0.39, 0.29) is 25.4 Å². The van der Waals surface area contributed by atoms with Gasteiger partial charge in [0.05, 0.1) is 25.2 Å². The van der Waals surface area contributed by atoms with Gasteiger partial charge in [-0.05, 0) is 19.1 Å². The van der Waals surface area contributed by atoms with Crippen molar-refractivity contribution in [3.05, 3.63) is 29.8 Å². The fourth-order valence-electron chi connectivity index (χ4n) is 2.02. The molecule has 1 saturated heterocycles.